The fraction of sp³-hybridized carbons (Fsp3) is 0.250. The molecule has 0 radical (unpaired) electrons. The third-order valence-corrected chi connectivity index (χ3v) is 4.55. The number of hydrogen-bond acceptors (Lipinski definition) is 1. The Morgan fingerprint density at radius 1 is 1.10 bits per heavy atom. The van der Waals surface area contributed by atoms with Crippen molar-refractivity contribution in [2.24, 2.45) is 11.7 Å². The van der Waals surface area contributed by atoms with Crippen LogP contribution < -0.4 is 5.73 Å². The molecular weight excluding hydrogens is 324 g/mol. The molecule has 2 N–H and O–H groups in total. The number of halogens is 3. The average molecular weight is 338 g/mol. The Morgan fingerprint density at radius 2 is 1.80 bits per heavy atom. The maximum atomic E-state index is 14.1. The van der Waals surface area contributed by atoms with Crippen LogP contribution in [0.25, 0.3) is 0 Å². The molecule has 0 spiro atoms. The molecular formula is C16H14BrF2N. The quantitative estimate of drug-likeness (QED) is 0.818. The van der Waals surface area contributed by atoms with Crippen molar-refractivity contribution in [3.63, 3.8) is 0 Å². The number of nitrogens with two attached hydrogens (primary N) is 1. The predicted octanol–water partition coefficient (Wildman–Crippen LogP) is 4.53. The van der Waals surface area contributed by atoms with Crippen LogP contribution in [0.3, 0.4) is 0 Å². The van der Waals surface area contributed by atoms with Gasteiger partial charge in [0.25, 0.3) is 0 Å². The van der Waals surface area contributed by atoms with Crippen molar-refractivity contribution in [3.05, 3.63) is 69.7 Å². The van der Waals surface area contributed by atoms with E-state index >= 15 is 0 Å². The van der Waals surface area contributed by atoms with E-state index in [9.17, 15) is 8.78 Å². The summed E-state index contributed by atoms with van der Waals surface area (Å²) in [5.74, 6) is -0.771. The van der Waals surface area contributed by atoms with Gasteiger partial charge in [0.2, 0.25) is 0 Å². The normalized spacial score (nSPS) is 22.6. The van der Waals surface area contributed by atoms with E-state index < -0.39 is 17.7 Å². The highest BCUT2D eigenvalue weighted by atomic mass is 79.9. The van der Waals surface area contributed by atoms with E-state index in [1.54, 1.807) is 0 Å². The van der Waals surface area contributed by atoms with E-state index in [1.165, 1.54) is 17.7 Å². The zero-order valence-corrected chi connectivity index (χ0v) is 12.3. The first-order valence-electron chi connectivity index (χ1n) is 6.53. The molecule has 1 aliphatic rings. The first kappa shape index (κ1) is 13.7. The van der Waals surface area contributed by atoms with Crippen molar-refractivity contribution in [3.8, 4) is 0 Å². The van der Waals surface area contributed by atoms with Gasteiger partial charge in [0, 0.05) is 11.6 Å². The average Bonchev–Trinajstić information content (AvgIpc) is 3.25. The molecule has 3 atom stereocenters. The van der Waals surface area contributed by atoms with E-state index in [0.717, 1.165) is 6.42 Å². The minimum absolute atomic E-state index is 0.0113. The summed E-state index contributed by atoms with van der Waals surface area (Å²) < 4.78 is 28.2. The summed E-state index contributed by atoms with van der Waals surface area (Å²) in [7, 11) is 0. The Labute approximate surface area is 124 Å². The minimum Gasteiger partial charge on any atom is -0.324 e. The van der Waals surface area contributed by atoms with Gasteiger partial charge in [-0.2, -0.15) is 0 Å². The van der Waals surface area contributed by atoms with Crippen LogP contribution in [0.2, 0.25) is 0 Å². The predicted molar refractivity (Wildman–Crippen MR) is 78.3 cm³/mol. The van der Waals surface area contributed by atoms with Crippen LogP contribution in [0.5, 0.6) is 0 Å². The molecule has 20 heavy (non-hydrogen) atoms. The molecule has 0 amide bonds. The van der Waals surface area contributed by atoms with Gasteiger partial charge in [0.1, 0.15) is 11.6 Å². The molecule has 2 aromatic carbocycles. The zero-order valence-electron chi connectivity index (χ0n) is 10.7. The van der Waals surface area contributed by atoms with Crippen molar-refractivity contribution in [1.29, 1.82) is 0 Å². The maximum absolute atomic E-state index is 14.1. The second-order valence-electron chi connectivity index (χ2n) is 5.20. The first-order valence-corrected chi connectivity index (χ1v) is 7.33. The largest absolute Gasteiger partial charge is 0.324 e. The number of hydrogen-bond donors (Lipinski definition) is 1. The van der Waals surface area contributed by atoms with E-state index in [-0.39, 0.29) is 16.0 Å². The Hall–Kier alpha value is -1.26. The molecule has 3 unspecified atom stereocenters. The zero-order chi connectivity index (χ0) is 14.3. The van der Waals surface area contributed by atoms with Gasteiger partial charge < -0.3 is 5.73 Å². The van der Waals surface area contributed by atoms with Gasteiger partial charge in [-0.25, -0.2) is 8.78 Å². The molecule has 1 nitrogen and oxygen atoms in total. The maximum Gasteiger partial charge on any atom is 0.145 e. The molecule has 0 saturated heterocycles. The van der Waals surface area contributed by atoms with Gasteiger partial charge in [-0.05, 0) is 51.9 Å². The molecule has 0 aromatic heterocycles. The van der Waals surface area contributed by atoms with Gasteiger partial charge in [-0.15, -0.1) is 0 Å². The van der Waals surface area contributed by atoms with Gasteiger partial charge in [-0.3, -0.25) is 0 Å². The Kier molecular flexibility index (Phi) is 3.61. The van der Waals surface area contributed by atoms with Gasteiger partial charge in [0.15, 0.2) is 0 Å². The van der Waals surface area contributed by atoms with E-state index in [2.05, 4.69) is 15.9 Å². The molecule has 0 heterocycles. The van der Waals surface area contributed by atoms with Gasteiger partial charge in [-0.1, -0.05) is 30.3 Å². The Balaban J connectivity index is 1.85. The van der Waals surface area contributed by atoms with Crippen LogP contribution >= 0.6 is 15.9 Å². The van der Waals surface area contributed by atoms with Crippen molar-refractivity contribution in [2.75, 3.05) is 0 Å². The molecule has 3 rings (SSSR count). The lowest BCUT2D eigenvalue weighted by Crippen LogP contribution is -2.17. The molecule has 1 aliphatic carbocycles. The number of benzene rings is 2. The fourth-order valence-electron chi connectivity index (χ4n) is 2.76. The highest BCUT2D eigenvalue weighted by molar-refractivity contribution is 9.10. The molecule has 0 aliphatic heterocycles. The van der Waals surface area contributed by atoms with Crippen molar-refractivity contribution >= 4 is 15.9 Å². The SMILES string of the molecule is NC(c1c(F)ccc(Br)c1F)C1CC1c1ccccc1. The van der Waals surface area contributed by atoms with Crippen LogP contribution in [0.15, 0.2) is 46.9 Å². The molecule has 104 valence electrons. The lowest BCUT2D eigenvalue weighted by Gasteiger charge is -2.15. The van der Waals surface area contributed by atoms with Crippen LogP contribution in [-0.2, 0) is 0 Å². The van der Waals surface area contributed by atoms with Gasteiger partial charge >= 0.3 is 0 Å². The standard InChI is InChI=1S/C16H14BrF2N/c17-12-6-7-13(18)14(15(12)19)16(20)11-8-10(11)9-4-2-1-3-5-9/h1-7,10-11,16H,8,20H2. The highest BCUT2D eigenvalue weighted by Crippen LogP contribution is 2.53. The summed E-state index contributed by atoms with van der Waals surface area (Å²) in [6.45, 7) is 0. The van der Waals surface area contributed by atoms with Crippen LogP contribution in [-0.4, -0.2) is 0 Å². The van der Waals surface area contributed by atoms with Crippen LogP contribution in [0.4, 0.5) is 8.78 Å². The van der Waals surface area contributed by atoms with Crippen LogP contribution in [0, 0.1) is 17.6 Å². The first-order chi connectivity index (χ1) is 9.59. The monoisotopic (exact) mass is 337 g/mol. The molecule has 1 saturated carbocycles. The van der Waals surface area contributed by atoms with Crippen LogP contribution in [0.1, 0.15) is 29.5 Å². The minimum atomic E-state index is -0.613. The lowest BCUT2D eigenvalue weighted by atomic mass is 9.98. The van der Waals surface area contributed by atoms with Crippen molar-refractivity contribution in [1.82, 2.24) is 0 Å². The summed E-state index contributed by atoms with van der Waals surface area (Å²) in [5, 5.41) is 0. The smallest absolute Gasteiger partial charge is 0.145 e. The molecule has 2 aromatic rings. The molecule has 1 fully saturated rings. The Morgan fingerprint density at radius 3 is 2.50 bits per heavy atom. The summed E-state index contributed by atoms with van der Waals surface area (Å²) in [4.78, 5) is 0. The summed E-state index contributed by atoms with van der Waals surface area (Å²) in [6.07, 6.45) is 0.872. The highest BCUT2D eigenvalue weighted by Gasteiger charge is 2.44. The fourth-order valence-corrected chi connectivity index (χ4v) is 3.10. The van der Waals surface area contributed by atoms with Gasteiger partial charge in [0.05, 0.1) is 4.47 Å². The Bertz CT molecular complexity index is 630. The number of rotatable bonds is 3. The van der Waals surface area contributed by atoms with Crippen molar-refractivity contribution < 1.29 is 8.78 Å². The summed E-state index contributed by atoms with van der Waals surface area (Å²) in [5.41, 5.74) is 7.27. The van der Waals surface area contributed by atoms with E-state index in [1.807, 2.05) is 30.3 Å². The summed E-state index contributed by atoms with van der Waals surface area (Å²) in [6, 6.07) is 12.0. The lowest BCUT2D eigenvalue weighted by molar-refractivity contribution is 0.496. The summed E-state index contributed by atoms with van der Waals surface area (Å²) >= 11 is 3.08. The van der Waals surface area contributed by atoms with E-state index in [0.29, 0.717) is 5.92 Å². The topological polar surface area (TPSA) is 26.0 Å². The molecule has 4 heteroatoms. The van der Waals surface area contributed by atoms with Crippen molar-refractivity contribution in [2.45, 2.75) is 18.4 Å². The second-order valence-corrected chi connectivity index (χ2v) is 6.05. The third kappa shape index (κ3) is 2.38. The van der Waals surface area contributed by atoms with E-state index in [4.69, 9.17) is 5.73 Å². The molecule has 0 bridgehead atoms. The second kappa shape index (κ2) is 5.26. The third-order valence-electron chi connectivity index (χ3n) is 3.94.